The first-order valence-electron chi connectivity index (χ1n) is 11.6. The maximum atomic E-state index is 12.8. The van der Waals surface area contributed by atoms with E-state index in [4.69, 9.17) is 13.9 Å². The normalized spacial score (nSPS) is 11.7. The lowest BCUT2D eigenvalue weighted by atomic mass is 9.99. The highest BCUT2D eigenvalue weighted by molar-refractivity contribution is 7.18. The first kappa shape index (κ1) is 23.6. The van der Waals surface area contributed by atoms with E-state index in [-0.39, 0.29) is 5.91 Å². The first-order valence-corrected chi connectivity index (χ1v) is 12.5. The molecule has 182 valence electrons. The molecule has 2 aromatic heterocycles. The lowest BCUT2D eigenvalue weighted by molar-refractivity contribution is -0.111. The van der Waals surface area contributed by atoms with Crippen LogP contribution < -0.4 is 14.8 Å². The van der Waals surface area contributed by atoms with Crippen LogP contribution in [0.1, 0.15) is 24.4 Å². The molecule has 7 heteroatoms. The minimum Gasteiger partial charge on any atom is -0.496 e. The van der Waals surface area contributed by atoms with Gasteiger partial charge in [-0.05, 0) is 68.3 Å². The molecule has 1 amide bonds. The summed E-state index contributed by atoms with van der Waals surface area (Å²) in [7, 11) is 1.61. The van der Waals surface area contributed by atoms with Gasteiger partial charge in [-0.2, -0.15) is 0 Å². The number of aromatic nitrogens is 1. The predicted molar refractivity (Wildman–Crippen MR) is 146 cm³/mol. The second kappa shape index (κ2) is 9.87. The number of allylic oxidation sites excluding steroid dienone is 1. The number of amides is 1. The van der Waals surface area contributed by atoms with Crippen molar-refractivity contribution in [1.29, 1.82) is 0 Å². The lowest BCUT2D eigenvalue weighted by Crippen LogP contribution is -2.08. The number of rotatable bonds is 7. The Hall–Kier alpha value is -4.10. The Morgan fingerprint density at radius 2 is 1.94 bits per heavy atom. The Bertz CT molecular complexity index is 1600. The number of ether oxygens (including phenoxy) is 2. The second-order valence-corrected chi connectivity index (χ2v) is 9.62. The van der Waals surface area contributed by atoms with Crippen molar-refractivity contribution in [3.8, 4) is 22.6 Å². The minimum absolute atomic E-state index is 0.222. The fourth-order valence-corrected chi connectivity index (χ4v) is 5.03. The third-order valence-electron chi connectivity index (χ3n) is 5.91. The van der Waals surface area contributed by atoms with Gasteiger partial charge in [0.05, 0.1) is 35.2 Å². The molecule has 5 aromatic rings. The van der Waals surface area contributed by atoms with Crippen molar-refractivity contribution in [2.24, 2.45) is 0 Å². The zero-order valence-corrected chi connectivity index (χ0v) is 21.4. The molecule has 0 aliphatic rings. The molecule has 1 N–H and O–H groups in total. The summed E-state index contributed by atoms with van der Waals surface area (Å²) in [5.74, 6) is 1.24. The molecule has 3 aromatic carbocycles. The molecule has 0 fully saturated rings. The van der Waals surface area contributed by atoms with Crippen LogP contribution in [0.25, 0.3) is 37.9 Å². The Balaban J connectivity index is 1.45. The Morgan fingerprint density at radius 3 is 2.69 bits per heavy atom. The topological polar surface area (TPSA) is 73.6 Å². The van der Waals surface area contributed by atoms with E-state index in [1.165, 1.54) is 0 Å². The highest BCUT2D eigenvalue weighted by atomic mass is 32.1. The Morgan fingerprint density at radius 1 is 1.14 bits per heavy atom. The van der Waals surface area contributed by atoms with E-state index in [1.807, 2.05) is 75.4 Å². The summed E-state index contributed by atoms with van der Waals surface area (Å²) in [5.41, 5.74) is 5.86. The Labute approximate surface area is 213 Å². The third-order valence-corrected chi connectivity index (χ3v) is 6.86. The van der Waals surface area contributed by atoms with Crippen LogP contribution in [0, 0.1) is 6.92 Å². The molecule has 0 saturated heterocycles. The van der Waals surface area contributed by atoms with Gasteiger partial charge in [0.1, 0.15) is 17.1 Å². The van der Waals surface area contributed by atoms with Gasteiger partial charge in [-0.1, -0.05) is 12.1 Å². The van der Waals surface area contributed by atoms with Gasteiger partial charge in [-0.3, -0.25) is 4.79 Å². The van der Waals surface area contributed by atoms with Crippen LogP contribution >= 0.6 is 11.3 Å². The van der Waals surface area contributed by atoms with Crippen LogP contribution in [0.4, 0.5) is 5.69 Å². The van der Waals surface area contributed by atoms with Gasteiger partial charge in [0.15, 0.2) is 0 Å². The number of aryl methyl sites for hydroxylation is 1. The number of thiazole rings is 1. The Kier molecular flexibility index (Phi) is 6.48. The molecule has 36 heavy (non-hydrogen) atoms. The number of nitrogens with one attached hydrogen (secondary N) is 1. The van der Waals surface area contributed by atoms with Crippen molar-refractivity contribution in [2.45, 2.75) is 20.8 Å². The molecule has 0 aliphatic heterocycles. The summed E-state index contributed by atoms with van der Waals surface area (Å²) in [5, 5.41) is 4.88. The number of carbonyl (C=O) groups is 1. The molecule has 2 heterocycles. The molecule has 0 saturated carbocycles. The summed E-state index contributed by atoms with van der Waals surface area (Å²) >= 11 is 1.63. The van der Waals surface area contributed by atoms with Crippen LogP contribution in [0.2, 0.25) is 0 Å². The molecule has 0 aliphatic carbocycles. The van der Waals surface area contributed by atoms with E-state index < -0.39 is 0 Å². The van der Waals surface area contributed by atoms with E-state index in [0.717, 1.165) is 48.6 Å². The van der Waals surface area contributed by atoms with Gasteiger partial charge >= 0.3 is 0 Å². The second-order valence-electron chi connectivity index (χ2n) is 8.39. The lowest BCUT2D eigenvalue weighted by Gasteiger charge is -2.10. The molecule has 0 radical (unpaired) electrons. The summed E-state index contributed by atoms with van der Waals surface area (Å²) < 4.78 is 18.1. The average molecular weight is 499 g/mol. The van der Waals surface area contributed by atoms with E-state index >= 15 is 0 Å². The van der Waals surface area contributed by atoms with Gasteiger partial charge in [0.25, 0.3) is 0 Å². The maximum absolute atomic E-state index is 12.8. The van der Waals surface area contributed by atoms with Gasteiger partial charge < -0.3 is 19.2 Å². The number of benzene rings is 3. The zero-order valence-electron chi connectivity index (χ0n) is 20.5. The number of hydrogen-bond donors (Lipinski definition) is 1. The van der Waals surface area contributed by atoms with E-state index in [0.29, 0.717) is 23.6 Å². The van der Waals surface area contributed by atoms with Crippen molar-refractivity contribution < 1.29 is 18.7 Å². The summed E-state index contributed by atoms with van der Waals surface area (Å²) in [6.07, 6.45) is 3.32. The van der Waals surface area contributed by atoms with E-state index in [9.17, 15) is 4.79 Å². The number of carbonyl (C=O) groups excluding carboxylic acids is 1. The average Bonchev–Trinajstić information content (AvgIpc) is 3.45. The van der Waals surface area contributed by atoms with Gasteiger partial charge in [0, 0.05) is 34.3 Å². The number of fused-ring (bicyclic) bond motifs is 2. The van der Waals surface area contributed by atoms with Crippen LogP contribution in [0.3, 0.4) is 0 Å². The fourth-order valence-electron chi connectivity index (χ4n) is 4.23. The summed E-state index contributed by atoms with van der Waals surface area (Å²) in [4.78, 5) is 17.4. The van der Waals surface area contributed by atoms with Crippen molar-refractivity contribution in [3.63, 3.8) is 0 Å². The van der Waals surface area contributed by atoms with Crippen LogP contribution in [-0.2, 0) is 4.79 Å². The number of anilines is 1. The number of hydrogen-bond acceptors (Lipinski definition) is 6. The fraction of sp³-hybridized carbons (Fsp3) is 0.172. The summed E-state index contributed by atoms with van der Waals surface area (Å²) in [6.45, 7) is 6.45. The smallest absolute Gasteiger partial charge is 0.248 e. The van der Waals surface area contributed by atoms with E-state index in [2.05, 4.69) is 10.3 Å². The standard InChI is InChI=1S/C29H26N2O4S/c1-5-34-21-9-6-19(7-10-21)24-16-35-27-15-26(33-4)22(14-23(24)27)17(2)12-29(32)31-20-8-11-28-25(13-20)30-18(3)36-28/h6-16H,5H2,1-4H3,(H,31,32)/b17-12+. The van der Waals surface area contributed by atoms with Gasteiger partial charge in [-0.15, -0.1) is 11.3 Å². The maximum Gasteiger partial charge on any atom is 0.248 e. The third kappa shape index (κ3) is 4.70. The molecule has 0 unspecified atom stereocenters. The molecule has 0 atom stereocenters. The van der Waals surface area contributed by atoms with Crippen molar-refractivity contribution in [1.82, 2.24) is 4.98 Å². The molecule has 6 nitrogen and oxygen atoms in total. The van der Waals surface area contributed by atoms with Crippen LogP contribution in [0.15, 0.2) is 71.4 Å². The molecular weight excluding hydrogens is 472 g/mol. The van der Waals surface area contributed by atoms with Crippen molar-refractivity contribution >= 4 is 49.7 Å². The SMILES string of the molecule is CCOc1ccc(-c2coc3cc(OC)c(/C(C)=C/C(=O)Nc4ccc5sc(C)nc5c4)cc23)cc1. The molecular formula is C29H26N2O4S. The molecule has 5 rings (SSSR count). The molecule has 0 spiro atoms. The summed E-state index contributed by atoms with van der Waals surface area (Å²) in [6, 6.07) is 17.5. The number of nitrogens with zero attached hydrogens (tertiary/aromatic N) is 1. The highest BCUT2D eigenvalue weighted by Gasteiger charge is 2.15. The monoisotopic (exact) mass is 498 g/mol. The largest absolute Gasteiger partial charge is 0.496 e. The van der Waals surface area contributed by atoms with Gasteiger partial charge in [0.2, 0.25) is 5.91 Å². The molecule has 0 bridgehead atoms. The van der Waals surface area contributed by atoms with Crippen molar-refractivity contribution in [2.75, 3.05) is 19.0 Å². The first-order chi connectivity index (χ1) is 17.4. The van der Waals surface area contributed by atoms with Gasteiger partial charge in [-0.25, -0.2) is 4.98 Å². The zero-order chi connectivity index (χ0) is 25.2. The van der Waals surface area contributed by atoms with Crippen LogP contribution in [0.5, 0.6) is 11.5 Å². The van der Waals surface area contributed by atoms with Crippen molar-refractivity contribution in [3.05, 3.63) is 77.5 Å². The van der Waals surface area contributed by atoms with E-state index in [1.54, 1.807) is 30.8 Å². The predicted octanol–water partition coefficient (Wildman–Crippen LogP) is 7.47. The number of methoxy groups -OCH3 is 1. The minimum atomic E-state index is -0.222. The highest BCUT2D eigenvalue weighted by Crippen LogP contribution is 2.38. The van der Waals surface area contributed by atoms with Crippen LogP contribution in [-0.4, -0.2) is 24.6 Å². The number of furan rings is 1. The quantitative estimate of drug-likeness (QED) is 0.236.